The average Bonchev–Trinajstić information content (AvgIpc) is 2.83. The van der Waals surface area contributed by atoms with Gasteiger partial charge in [0, 0.05) is 23.4 Å². The highest BCUT2D eigenvalue weighted by atomic mass is 32.1. The molecule has 2 aromatic rings. The summed E-state index contributed by atoms with van der Waals surface area (Å²) in [5, 5.41) is 3.45. The maximum atomic E-state index is 6.16. The zero-order valence-electron chi connectivity index (χ0n) is 11.8. The van der Waals surface area contributed by atoms with E-state index in [1.54, 1.807) is 11.3 Å². The number of hydrogen-bond acceptors (Lipinski definition) is 3. The molecular weight excluding hydrogens is 264 g/mol. The van der Waals surface area contributed by atoms with E-state index >= 15 is 0 Å². The molecule has 106 valence electrons. The Labute approximate surface area is 125 Å². The van der Waals surface area contributed by atoms with Crippen molar-refractivity contribution in [2.24, 2.45) is 11.7 Å². The van der Waals surface area contributed by atoms with Crippen LogP contribution in [0.3, 0.4) is 0 Å². The van der Waals surface area contributed by atoms with Gasteiger partial charge < -0.3 is 5.73 Å². The van der Waals surface area contributed by atoms with E-state index in [0.717, 1.165) is 18.0 Å². The van der Waals surface area contributed by atoms with Crippen LogP contribution in [-0.4, -0.2) is 11.0 Å². The molecule has 0 amide bonds. The third-order valence-corrected chi connectivity index (χ3v) is 5.03. The zero-order chi connectivity index (χ0) is 13.8. The van der Waals surface area contributed by atoms with Crippen LogP contribution in [0.15, 0.2) is 35.7 Å². The molecule has 0 saturated heterocycles. The maximum Gasteiger partial charge on any atom is 0.0935 e. The zero-order valence-corrected chi connectivity index (χ0v) is 12.6. The number of aromatic nitrogens is 1. The highest BCUT2D eigenvalue weighted by Gasteiger charge is 2.19. The molecule has 1 aromatic heterocycles. The topological polar surface area (TPSA) is 38.9 Å². The van der Waals surface area contributed by atoms with Gasteiger partial charge in [0.15, 0.2) is 0 Å². The number of rotatable bonds is 3. The van der Waals surface area contributed by atoms with Gasteiger partial charge in [-0.2, -0.15) is 0 Å². The van der Waals surface area contributed by atoms with E-state index in [2.05, 4.69) is 29.6 Å². The van der Waals surface area contributed by atoms with E-state index in [1.165, 1.54) is 42.7 Å². The molecule has 0 radical (unpaired) electrons. The third-order valence-electron chi connectivity index (χ3n) is 4.16. The van der Waals surface area contributed by atoms with Crippen LogP contribution in [0.2, 0.25) is 0 Å². The van der Waals surface area contributed by atoms with E-state index in [1.807, 2.05) is 6.07 Å². The predicted octanol–water partition coefficient (Wildman–Crippen LogP) is 4.26. The van der Waals surface area contributed by atoms with Crippen molar-refractivity contribution in [1.29, 1.82) is 0 Å². The van der Waals surface area contributed by atoms with Crippen LogP contribution in [0.4, 0.5) is 0 Å². The minimum Gasteiger partial charge on any atom is -0.328 e. The van der Waals surface area contributed by atoms with Gasteiger partial charge in [0.2, 0.25) is 0 Å². The lowest BCUT2D eigenvalue weighted by atomic mass is 9.95. The summed E-state index contributed by atoms with van der Waals surface area (Å²) >= 11 is 1.79. The first kappa shape index (κ1) is 13.8. The number of benzene rings is 1. The van der Waals surface area contributed by atoms with Crippen LogP contribution in [0, 0.1) is 5.92 Å². The predicted molar refractivity (Wildman–Crippen MR) is 85.8 cm³/mol. The molecule has 20 heavy (non-hydrogen) atoms. The molecule has 2 nitrogen and oxygen atoms in total. The van der Waals surface area contributed by atoms with Crippen LogP contribution >= 0.6 is 11.3 Å². The molecule has 3 heteroatoms. The van der Waals surface area contributed by atoms with Gasteiger partial charge in [-0.25, -0.2) is 4.98 Å². The first-order chi connectivity index (χ1) is 9.81. The van der Waals surface area contributed by atoms with E-state index in [9.17, 15) is 0 Å². The third kappa shape index (κ3) is 3.47. The Morgan fingerprint density at radius 2 is 1.95 bits per heavy atom. The lowest BCUT2D eigenvalue weighted by Crippen LogP contribution is -2.22. The van der Waals surface area contributed by atoms with Crippen molar-refractivity contribution in [3.63, 3.8) is 0 Å². The number of nitrogens with two attached hydrogens (primary N) is 1. The number of nitrogens with zero attached hydrogens (tertiary/aromatic N) is 1. The van der Waals surface area contributed by atoms with Crippen molar-refractivity contribution in [3.05, 3.63) is 40.7 Å². The van der Waals surface area contributed by atoms with E-state index in [-0.39, 0.29) is 0 Å². The van der Waals surface area contributed by atoms with E-state index in [4.69, 9.17) is 10.7 Å². The molecule has 0 bridgehead atoms. The molecule has 1 aliphatic carbocycles. The van der Waals surface area contributed by atoms with E-state index in [0.29, 0.717) is 6.04 Å². The Kier molecular flexibility index (Phi) is 4.48. The fraction of sp³-hybridized carbons (Fsp3) is 0.471. The highest BCUT2D eigenvalue weighted by molar-refractivity contribution is 7.09. The van der Waals surface area contributed by atoms with Gasteiger partial charge in [0.25, 0.3) is 0 Å². The van der Waals surface area contributed by atoms with Crippen molar-refractivity contribution in [2.45, 2.75) is 44.6 Å². The minimum atomic E-state index is 0.399. The second kappa shape index (κ2) is 6.51. The minimum absolute atomic E-state index is 0.399. The van der Waals surface area contributed by atoms with Crippen molar-refractivity contribution >= 4 is 11.3 Å². The molecule has 1 heterocycles. The molecule has 1 fully saturated rings. The fourth-order valence-electron chi connectivity index (χ4n) is 3.08. The monoisotopic (exact) mass is 286 g/mol. The Bertz CT molecular complexity index is 535. The van der Waals surface area contributed by atoms with Crippen LogP contribution in [0.1, 0.15) is 37.1 Å². The second-order valence-corrected chi connectivity index (χ2v) is 6.79. The Morgan fingerprint density at radius 3 is 2.80 bits per heavy atom. The summed E-state index contributed by atoms with van der Waals surface area (Å²) in [4.78, 5) is 4.81. The van der Waals surface area contributed by atoms with Gasteiger partial charge >= 0.3 is 0 Å². The van der Waals surface area contributed by atoms with Crippen LogP contribution in [0.25, 0.3) is 11.3 Å². The quantitative estimate of drug-likeness (QED) is 0.856. The van der Waals surface area contributed by atoms with Gasteiger partial charge in [0.1, 0.15) is 0 Å². The summed E-state index contributed by atoms with van der Waals surface area (Å²) in [6.45, 7) is 0. The molecule has 2 unspecified atom stereocenters. The van der Waals surface area contributed by atoms with Crippen LogP contribution in [0.5, 0.6) is 0 Å². The fourth-order valence-corrected chi connectivity index (χ4v) is 4.00. The average molecular weight is 286 g/mol. The van der Waals surface area contributed by atoms with Crippen LogP contribution < -0.4 is 5.73 Å². The molecule has 1 aliphatic rings. The summed E-state index contributed by atoms with van der Waals surface area (Å²) in [6, 6.07) is 10.8. The Morgan fingerprint density at radius 1 is 1.15 bits per heavy atom. The molecule has 0 spiro atoms. The van der Waals surface area contributed by atoms with Gasteiger partial charge in [-0.3, -0.25) is 0 Å². The normalized spacial score (nSPS) is 23.4. The van der Waals surface area contributed by atoms with Crippen molar-refractivity contribution in [1.82, 2.24) is 4.98 Å². The molecule has 2 atom stereocenters. The lowest BCUT2D eigenvalue weighted by Gasteiger charge is -2.15. The summed E-state index contributed by atoms with van der Waals surface area (Å²) in [6.07, 6.45) is 7.41. The molecule has 2 N–H and O–H groups in total. The van der Waals surface area contributed by atoms with Crippen molar-refractivity contribution in [3.8, 4) is 11.3 Å². The van der Waals surface area contributed by atoms with E-state index < -0.39 is 0 Å². The standard InChI is InChI=1S/C17H22N2S/c18-15-9-5-4-6-13(10-15)11-17-19-16(12-20-17)14-7-2-1-3-8-14/h1-3,7-8,12-13,15H,4-6,9-11,18H2. The van der Waals surface area contributed by atoms with Gasteiger partial charge in [-0.05, 0) is 25.2 Å². The van der Waals surface area contributed by atoms with Crippen molar-refractivity contribution in [2.75, 3.05) is 0 Å². The van der Waals surface area contributed by atoms with Gasteiger partial charge in [0.05, 0.1) is 10.7 Å². The SMILES string of the molecule is NC1CCCCC(Cc2nc(-c3ccccc3)cs2)C1. The first-order valence-electron chi connectivity index (χ1n) is 7.56. The molecule has 1 aromatic carbocycles. The lowest BCUT2D eigenvalue weighted by molar-refractivity contribution is 0.430. The molecule has 1 saturated carbocycles. The summed E-state index contributed by atoms with van der Waals surface area (Å²) in [5.74, 6) is 0.724. The first-order valence-corrected chi connectivity index (χ1v) is 8.44. The van der Waals surface area contributed by atoms with Crippen molar-refractivity contribution < 1.29 is 0 Å². The second-order valence-electron chi connectivity index (χ2n) is 5.84. The largest absolute Gasteiger partial charge is 0.328 e. The number of thiazole rings is 1. The highest BCUT2D eigenvalue weighted by Crippen LogP contribution is 2.28. The van der Waals surface area contributed by atoms with Gasteiger partial charge in [-0.15, -0.1) is 11.3 Å². The maximum absolute atomic E-state index is 6.16. The summed E-state index contributed by atoms with van der Waals surface area (Å²) < 4.78 is 0. The molecule has 3 rings (SSSR count). The summed E-state index contributed by atoms with van der Waals surface area (Å²) in [7, 11) is 0. The van der Waals surface area contributed by atoms with Crippen LogP contribution in [-0.2, 0) is 6.42 Å². The molecule has 0 aliphatic heterocycles. The molecular formula is C17H22N2S. The Hall–Kier alpha value is -1.19. The summed E-state index contributed by atoms with van der Waals surface area (Å²) in [5.41, 5.74) is 8.49. The van der Waals surface area contributed by atoms with Gasteiger partial charge in [-0.1, -0.05) is 43.2 Å². The Balaban J connectivity index is 1.68. The smallest absolute Gasteiger partial charge is 0.0935 e. The number of hydrogen-bond donors (Lipinski definition) is 1.